The number of methoxy groups -OCH3 is 1. The van der Waals surface area contributed by atoms with Gasteiger partial charge in [-0.15, -0.1) is 0 Å². The predicted octanol–water partition coefficient (Wildman–Crippen LogP) is 3.09. The van der Waals surface area contributed by atoms with Crippen molar-refractivity contribution in [3.8, 4) is 0 Å². The molecule has 136 valence electrons. The number of aliphatic hydroxyl groups is 1. The number of quaternary nitrogens is 1. The monoisotopic (exact) mass is 353 g/mol. The Bertz CT molecular complexity index is 736. The summed E-state index contributed by atoms with van der Waals surface area (Å²) in [7, 11) is 1.27. The van der Waals surface area contributed by atoms with E-state index in [2.05, 4.69) is 4.74 Å². The molecular formula is C21H23NO4. The van der Waals surface area contributed by atoms with Gasteiger partial charge in [0.25, 0.3) is 0 Å². The van der Waals surface area contributed by atoms with E-state index in [1.54, 1.807) is 0 Å². The van der Waals surface area contributed by atoms with Gasteiger partial charge in [-0.3, -0.25) is 0 Å². The minimum absolute atomic E-state index is 0.306. The summed E-state index contributed by atoms with van der Waals surface area (Å²) in [6.45, 7) is 0.306. The molecular weight excluding hydrogens is 330 g/mol. The van der Waals surface area contributed by atoms with Crippen molar-refractivity contribution in [2.45, 2.75) is 24.5 Å². The molecule has 1 fully saturated rings. The van der Waals surface area contributed by atoms with Gasteiger partial charge in [0.2, 0.25) is 0 Å². The third kappa shape index (κ3) is 3.29. The highest BCUT2D eigenvalue weighted by Crippen LogP contribution is 2.43. The maximum Gasteiger partial charge on any atom is 0.335 e. The molecule has 2 atom stereocenters. The molecule has 2 aromatic carbocycles. The van der Waals surface area contributed by atoms with Gasteiger partial charge in [0, 0.05) is 12.8 Å². The van der Waals surface area contributed by atoms with Crippen LogP contribution in [0.4, 0.5) is 0 Å². The number of nitrogens with zero attached hydrogens (tertiary/aromatic N) is 1. The van der Waals surface area contributed by atoms with Crippen LogP contribution in [0, 0.1) is 5.21 Å². The number of hydrogen-bond donors (Lipinski definition) is 1. The number of likely N-dealkylation sites (tertiary alicyclic amines) is 1. The molecule has 0 aliphatic carbocycles. The molecule has 5 nitrogen and oxygen atoms in total. The SMILES string of the molecule is COC(=O)/C=C/[N@+]1([O-])CCC[C@H]1C(O)(c1ccccc1)c1ccccc1. The number of rotatable bonds is 5. The average Bonchev–Trinajstić information content (AvgIpc) is 3.09. The van der Waals surface area contributed by atoms with E-state index in [0.29, 0.717) is 30.5 Å². The Morgan fingerprint density at radius 2 is 1.69 bits per heavy atom. The normalized spacial score (nSPS) is 23.3. The summed E-state index contributed by atoms with van der Waals surface area (Å²) in [5.74, 6) is -0.577. The minimum Gasteiger partial charge on any atom is -0.627 e. The third-order valence-electron chi connectivity index (χ3n) is 5.09. The van der Waals surface area contributed by atoms with Crippen molar-refractivity contribution in [3.05, 3.63) is 89.3 Å². The van der Waals surface area contributed by atoms with Gasteiger partial charge in [-0.1, -0.05) is 60.7 Å². The maximum atomic E-state index is 13.5. The van der Waals surface area contributed by atoms with Crippen molar-refractivity contribution in [2.75, 3.05) is 13.7 Å². The topological polar surface area (TPSA) is 69.6 Å². The molecule has 1 aliphatic rings. The highest BCUT2D eigenvalue weighted by atomic mass is 16.6. The Hall–Kier alpha value is -2.47. The van der Waals surface area contributed by atoms with Crippen LogP contribution in [0.2, 0.25) is 0 Å². The number of carbonyl (C=O) groups is 1. The second-order valence-electron chi connectivity index (χ2n) is 6.57. The van der Waals surface area contributed by atoms with Crippen LogP contribution in [-0.4, -0.2) is 35.4 Å². The van der Waals surface area contributed by atoms with Crippen LogP contribution in [0.15, 0.2) is 72.9 Å². The lowest BCUT2D eigenvalue weighted by Gasteiger charge is -2.48. The van der Waals surface area contributed by atoms with Gasteiger partial charge in [-0.25, -0.2) is 4.79 Å². The number of hydroxylamine groups is 3. The van der Waals surface area contributed by atoms with Crippen LogP contribution in [0.3, 0.4) is 0 Å². The number of benzene rings is 2. The van der Waals surface area contributed by atoms with Crippen LogP contribution >= 0.6 is 0 Å². The first-order chi connectivity index (χ1) is 12.5. The van der Waals surface area contributed by atoms with Crippen molar-refractivity contribution in [1.29, 1.82) is 0 Å². The molecule has 26 heavy (non-hydrogen) atoms. The standard InChI is InChI=1S/C21H23NO4/c1-26-20(23)14-16-22(25)15-8-13-19(22)21(24,17-9-4-2-5-10-17)18-11-6-3-7-12-18/h2-7,9-12,14,16,19,24H,8,13,15H2,1H3/b16-14+/t19-,22+/m0/s1. The molecule has 2 aromatic rings. The van der Waals surface area contributed by atoms with Crippen molar-refractivity contribution >= 4 is 5.97 Å². The number of hydrogen-bond acceptors (Lipinski definition) is 4. The summed E-state index contributed by atoms with van der Waals surface area (Å²) in [4.78, 5) is 11.5. The molecule has 1 aliphatic heterocycles. The van der Waals surface area contributed by atoms with Crippen LogP contribution in [0.5, 0.6) is 0 Å². The lowest BCUT2D eigenvalue weighted by Crippen LogP contribution is -2.54. The Morgan fingerprint density at radius 1 is 1.15 bits per heavy atom. The van der Waals surface area contributed by atoms with Crippen LogP contribution in [-0.2, 0) is 15.1 Å². The van der Waals surface area contributed by atoms with E-state index in [9.17, 15) is 15.1 Å². The zero-order chi connectivity index (χ0) is 18.6. The lowest BCUT2D eigenvalue weighted by atomic mass is 9.79. The van der Waals surface area contributed by atoms with Gasteiger partial charge in [0.15, 0.2) is 5.60 Å². The number of ether oxygens (including phenoxy) is 1. The molecule has 5 heteroatoms. The second-order valence-corrected chi connectivity index (χ2v) is 6.57. The van der Waals surface area contributed by atoms with Crippen molar-refractivity contribution in [3.63, 3.8) is 0 Å². The van der Waals surface area contributed by atoms with E-state index in [-0.39, 0.29) is 0 Å². The van der Waals surface area contributed by atoms with Gasteiger partial charge in [-0.05, 0) is 11.1 Å². The molecule has 3 rings (SSSR count). The molecule has 0 bridgehead atoms. The van der Waals surface area contributed by atoms with Crippen molar-refractivity contribution < 1.29 is 19.3 Å². The molecule has 1 saturated heterocycles. The van der Waals surface area contributed by atoms with Crippen molar-refractivity contribution in [2.24, 2.45) is 0 Å². The zero-order valence-corrected chi connectivity index (χ0v) is 14.7. The number of carbonyl (C=O) groups excluding carboxylic acids is 1. The van der Waals surface area contributed by atoms with Gasteiger partial charge < -0.3 is 19.7 Å². The highest BCUT2D eigenvalue weighted by molar-refractivity contribution is 5.81. The summed E-state index contributed by atoms with van der Waals surface area (Å²) >= 11 is 0. The summed E-state index contributed by atoms with van der Waals surface area (Å²) in [6, 6.07) is 17.8. The van der Waals surface area contributed by atoms with E-state index in [1.807, 2.05) is 60.7 Å². The predicted molar refractivity (Wildman–Crippen MR) is 98.6 cm³/mol. The maximum absolute atomic E-state index is 13.5. The fourth-order valence-electron chi connectivity index (χ4n) is 3.80. The molecule has 0 aromatic heterocycles. The second kappa shape index (κ2) is 7.41. The van der Waals surface area contributed by atoms with Crippen molar-refractivity contribution in [1.82, 2.24) is 0 Å². The molecule has 0 saturated carbocycles. The zero-order valence-electron chi connectivity index (χ0n) is 14.7. The summed E-state index contributed by atoms with van der Waals surface area (Å²) in [6.07, 6.45) is 3.68. The molecule has 1 heterocycles. The Morgan fingerprint density at radius 3 is 2.19 bits per heavy atom. The molecule has 1 N–H and O–H groups in total. The van der Waals surface area contributed by atoms with E-state index < -0.39 is 22.3 Å². The lowest BCUT2D eigenvalue weighted by molar-refractivity contribution is -0.850. The average molecular weight is 353 g/mol. The fraction of sp³-hybridized carbons (Fsp3) is 0.286. The molecule has 0 spiro atoms. The highest BCUT2D eigenvalue weighted by Gasteiger charge is 2.51. The third-order valence-corrected chi connectivity index (χ3v) is 5.09. The molecule has 0 radical (unpaired) electrons. The largest absolute Gasteiger partial charge is 0.627 e. The Balaban J connectivity index is 2.10. The Kier molecular flexibility index (Phi) is 5.23. The van der Waals surface area contributed by atoms with Gasteiger partial charge in [0.1, 0.15) is 12.2 Å². The van der Waals surface area contributed by atoms with Crippen LogP contribution in [0.25, 0.3) is 0 Å². The fourth-order valence-corrected chi connectivity index (χ4v) is 3.80. The summed E-state index contributed by atoms with van der Waals surface area (Å²) in [5.41, 5.74) is -0.118. The quantitative estimate of drug-likeness (QED) is 0.388. The first-order valence-electron chi connectivity index (χ1n) is 8.70. The van der Waals surface area contributed by atoms with Gasteiger partial charge >= 0.3 is 5.97 Å². The summed E-state index contributed by atoms with van der Waals surface area (Å²) < 4.78 is 3.84. The molecule has 0 unspecified atom stereocenters. The van der Waals surface area contributed by atoms with Gasteiger partial charge in [0.05, 0.1) is 19.7 Å². The molecule has 0 amide bonds. The minimum atomic E-state index is -1.46. The van der Waals surface area contributed by atoms with E-state index in [0.717, 1.165) is 6.08 Å². The Labute approximate surface area is 153 Å². The smallest absolute Gasteiger partial charge is 0.335 e. The van der Waals surface area contributed by atoms with E-state index >= 15 is 0 Å². The van der Waals surface area contributed by atoms with E-state index in [1.165, 1.54) is 13.3 Å². The first-order valence-corrected chi connectivity index (χ1v) is 8.70. The first kappa shape index (κ1) is 18.3. The number of esters is 1. The van der Waals surface area contributed by atoms with Gasteiger partial charge in [-0.2, -0.15) is 0 Å². The summed E-state index contributed by atoms with van der Waals surface area (Å²) in [5, 5.41) is 25.4. The van der Waals surface area contributed by atoms with E-state index in [4.69, 9.17) is 0 Å². The van der Waals surface area contributed by atoms with Crippen LogP contribution < -0.4 is 0 Å². The van der Waals surface area contributed by atoms with Crippen LogP contribution in [0.1, 0.15) is 24.0 Å².